The average Bonchev–Trinajstić information content (AvgIpc) is 2.43. The van der Waals surface area contributed by atoms with Gasteiger partial charge in [0.15, 0.2) is 0 Å². The third kappa shape index (κ3) is 5.62. The minimum Gasteiger partial charge on any atom is -0.390 e. The molecule has 1 aromatic carbocycles. The molecule has 0 heterocycles. The summed E-state index contributed by atoms with van der Waals surface area (Å²) in [5.74, 6) is -4.61. The smallest absolute Gasteiger partial charge is 0.287 e. The second-order valence-electron chi connectivity index (χ2n) is 3.98. The van der Waals surface area contributed by atoms with Gasteiger partial charge in [-0.15, -0.1) is 0 Å². The van der Waals surface area contributed by atoms with Gasteiger partial charge >= 0.3 is 0 Å². The van der Waals surface area contributed by atoms with Crippen molar-refractivity contribution in [1.82, 2.24) is 10.6 Å². The zero-order valence-electron chi connectivity index (χ0n) is 10.3. The highest BCUT2D eigenvalue weighted by Gasteiger charge is 2.28. The van der Waals surface area contributed by atoms with Gasteiger partial charge in [-0.25, -0.2) is 8.78 Å². The molecular formula is C12H13BrF2N2O3. The van der Waals surface area contributed by atoms with Crippen LogP contribution in [-0.2, 0) is 4.79 Å². The van der Waals surface area contributed by atoms with Gasteiger partial charge in [0.1, 0.15) is 6.61 Å². The highest BCUT2D eigenvalue weighted by molar-refractivity contribution is 9.10. The average molecular weight is 351 g/mol. The fourth-order valence-electron chi connectivity index (χ4n) is 1.21. The van der Waals surface area contributed by atoms with Crippen LogP contribution in [0.4, 0.5) is 8.78 Å². The summed E-state index contributed by atoms with van der Waals surface area (Å²) in [6, 6.07) is 6.43. The number of benzene rings is 1. The van der Waals surface area contributed by atoms with E-state index in [2.05, 4.69) is 21.2 Å². The van der Waals surface area contributed by atoms with Gasteiger partial charge in [0, 0.05) is 10.0 Å². The first kappa shape index (κ1) is 16.5. The minimum absolute atomic E-state index is 0.349. The molecule has 0 saturated carbocycles. The lowest BCUT2D eigenvalue weighted by molar-refractivity contribution is -0.123. The molecule has 1 rings (SSSR count). The van der Waals surface area contributed by atoms with E-state index in [1.807, 2.05) is 5.32 Å². The SMILES string of the molecule is O=C(CNC(=O)c1ccc(Br)cc1)NCC(F)(F)CO. The molecule has 0 radical (unpaired) electrons. The molecular weight excluding hydrogens is 338 g/mol. The van der Waals surface area contributed by atoms with Gasteiger partial charge in [-0.1, -0.05) is 15.9 Å². The Labute approximate surface area is 122 Å². The zero-order chi connectivity index (χ0) is 15.2. The Kier molecular flexibility index (Phi) is 6.03. The Bertz CT molecular complexity index is 480. The van der Waals surface area contributed by atoms with E-state index in [0.717, 1.165) is 4.47 Å². The second kappa shape index (κ2) is 7.30. The number of rotatable bonds is 6. The van der Waals surface area contributed by atoms with E-state index in [-0.39, 0.29) is 0 Å². The monoisotopic (exact) mass is 350 g/mol. The van der Waals surface area contributed by atoms with Crippen molar-refractivity contribution in [3.63, 3.8) is 0 Å². The van der Waals surface area contributed by atoms with Gasteiger partial charge in [-0.3, -0.25) is 9.59 Å². The van der Waals surface area contributed by atoms with Crippen LogP contribution in [0.2, 0.25) is 0 Å². The Morgan fingerprint density at radius 2 is 1.80 bits per heavy atom. The Balaban J connectivity index is 2.37. The molecule has 3 N–H and O–H groups in total. The van der Waals surface area contributed by atoms with Crippen molar-refractivity contribution in [3.05, 3.63) is 34.3 Å². The summed E-state index contributed by atoms with van der Waals surface area (Å²) < 4.78 is 26.1. The van der Waals surface area contributed by atoms with Crippen LogP contribution in [0.25, 0.3) is 0 Å². The lowest BCUT2D eigenvalue weighted by atomic mass is 10.2. The summed E-state index contributed by atoms with van der Waals surface area (Å²) in [4.78, 5) is 22.9. The maximum Gasteiger partial charge on any atom is 0.287 e. The van der Waals surface area contributed by atoms with E-state index in [1.54, 1.807) is 24.3 Å². The molecule has 8 heteroatoms. The summed E-state index contributed by atoms with van der Waals surface area (Å²) in [6.45, 7) is -2.74. The van der Waals surface area contributed by atoms with Crippen LogP contribution in [0, 0.1) is 0 Å². The van der Waals surface area contributed by atoms with Crippen LogP contribution in [-0.4, -0.2) is 42.5 Å². The summed E-state index contributed by atoms with van der Waals surface area (Å²) in [6.07, 6.45) is 0. The summed E-state index contributed by atoms with van der Waals surface area (Å²) in [7, 11) is 0. The first-order valence-corrected chi connectivity index (χ1v) is 6.42. The van der Waals surface area contributed by atoms with Crippen LogP contribution >= 0.6 is 15.9 Å². The highest BCUT2D eigenvalue weighted by Crippen LogP contribution is 2.10. The molecule has 0 bridgehead atoms. The Hall–Kier alpha value is -1.54. The lowest BCUT2D eigenvalue weighted by Gasteiger charge is -2.14. The zero-order valence-corrected chi connectivity index (χ0v) is 11.9. The fourth-order valence-corrected chi connectivity index (χ4v) is 1.47. The molecule has 20 heavy (non-hydrogen) atoms. The van der Waals surface area contributed by atoms with Gasteiger partial charge < -0.3 is 15.7 Å². The number of carbonyl (C=O) groups is 2. The molecule has 0 aliphatic heterocycles. The molecule has 0 saturated heterocycles. The van der Waals surface area contributed by atoms with Crippen molar-refractivity contribution < 1.29 is 23.5 Å². The normalized spacial score (nSPS) is 11.0. The maximum absolute atomic E-state index is 12.7. The second-order valence-corrected chi connectivity index (χ2v) is 4.90. The first-order chi connectivity index (χ1) is 9.34. The van der Waals surface area contributed by atoms with Crippen LogP contribution < -0.4 is 10.6 Å². The van der Waals surface area contributed by atoms with E-state index in [0.29, 0.717) is 5.56 Å². The number of halogens is 3. The third-order valence-corrected chi connectivity index (χ3v) is 2.82. The number of aliphatic hydroxyl groups excluding tert-OH is 1. The number of amides is 2. The number of hydrogen-bond donors (Lipinski definition) is 3. The molecule has 0 atom stereocenters. The lowest BCUT2D eigenvalue weighted by Crippen LogP contribution is -2.43. The van der Waals surface area contributed by atoms with Crippen molar-refractivity contribution in [3.8, 4) is 0 Å². The standard InChI is InChI=1S/C12H13BrF2N2O3/c13-9-3-1-8(2-4-9)11(20)16-5-10(19)17-6-12(14,15)7-18/h1-4,18H,5-7H2,(H,16,20)(H,17,19). The summed E-state index contributed by atoms with van der Waals surface area (Å²) >= 11 is 3.22. The topological polar surface area (TPSA) is 78.4 Å². The van der Waals surface area contributed by atoms with Gasteiger partial charge in [0.2, 0.25) is 5.91 Å². The van der Waals surface area contributed by atoms with E-state index in [4.69, 9.17) is 5.11 Å². The highest BCUT2D eigenvalue weighted by atomic mass is 79.9. The van der Waals surface area contributed by atoms with E-state index in [9.17, 15) is 18.4 Å². The molecule has 0 aliphatic carbocycles. The van der Waals surface area contributed by atoms with Crippen molar-refractivity contribution >= 4 is 27.7 Å². The first-order valence-electron chi connectivity index (χ1n) is 5.63. The van der Waals surface area contributed by atoms with E-state index < -0.39 is 37.4 Å². The van der Waals surface area contributed by atoms with Gasteiger partial charge in [-0.05, 0) is 24.3 Å². The van der Waals surface area contributed by atoms with Crippen LogP contribution in [0.1, 0.15) is 10.4 Å². The van der Waals surface area contributed by atoms with Crippen LogP contribution in [0.3, 0.4) is 0 Å². The number of alkyl halides is 2. The minimum atomic E-state index is -3.37. The van der Waals surface area contributed by atoms with Gasteiger partial charge in [0.05, 0.1) is 13.1 Å². The number of nitrogens with one attached hydrogen (secondary N) is 2. The molecule has 5 nitrogen and oxygen atoms in total. The van der Waals surface area contributed by atoms with Gasteiger partial charge in [0.25, 0.3) is 11.8 Å². The van der Waals surface area contributed by atoms with E-state index >= 15 is 0 Å². The Morgan fingerprint density at radius 3 is 2.35 bits per heavy atom. The molecule has 110 valence electrons. The fraction of sp³-hybridized carbons (Fsp3) is 0.333. The van der Waals surface area contributed by atoms with Crippen LogP contribution in [0.5, 0.6) is 0 Å². The largest absolute Gasteiger partial charge is 0.390 e. The Morgan fingerprint density at radius 1 is 1.20 bits per heavy atom. The molecule has 0 aliphatic rings. The summed E-state index contributed by atoms with van der Waals surface area (Å²) in [5.41, 5.74) is 0.349. The van der Waals surface area contributed by atoms with Crippen molar-refractivity contribution in [2.75, 3.05) is 19.7 Å². The predicted octanol–water partition coefficient (Wildman–Crippen LogP) is 0.923. The maximum atomic E-state index is 12.7. The number of hydrogen-bond acceptors (Lipinski definition) is 3. The number of carbonyl (C=O) groups excluding carboxylic acids is 2. The number of aliphatic hydroxyl groups is 1. The molecule has 0 spiro atoms. The quantitative estimate of drug-likeness (QED) is 0.713. The van der Waals surface area contributed by atoms with Crippen molar-refractivity contribution in [1.29, 1.82) is 0 Å². The molecule has 0 fully saturated rings. The molecule has 1 aromatic rings. The third-order valence-electron chi connectivity index (χ3n) is 2.29. The molecule has 2 amide bonds. The van der Waals surface area contributed by atoms with E-state index in [1.165, 1.54) is 0 Å². The van der Waals surface area contributed by atoms with Crippen molar-refractivity contribution in [2.45, 2.75) is 5.92 Å². The predicted molar refractivity (Wildman–Crippen MR) is 71.5 cm³/mol. The van der Waals surface area contributed by atoms with Crippen molar-refractivity contribution in [2.24, 2.45) is 0 Å². The van der Waals surface area contributed by atoms with Gasteiger partial charge in [-0.2, -0.15) is 0 Å². The summed E-state index contributed by atoms with van der Waals surface area (Å²) in [5, 5.41) is 12.5. The van der Waals surface area contributed by atoms with Crippen LogP contribution in [0.15, 0.2) is 28.7 Å². The molecule has 0 unspecified atom stereocenters. The molecule has 0 aromatic heterocycles.